The van der Waals surface area contributed by atoms with Gasteiger partial charge in [0.2, 0.25) is 5.91 Å². The summed E-state index contributed by atoms with van der Waals surface area (Å²) in [6.45, 7) is 0.368. The number of rotatable bonds is 2. The van der Waals surface area contributed by atoms with Crippen molar-refractivity contribution in [2.45, 2.75) is 17.6 Å². The van der Waals surface area contributed by atoms with Crippen LogP contribution in [0, 0.1) is 0 Å². The molecule has 1 saturated heterocycles. The van der Waals surface area contributed by atoms with Gasteiger partial charge < -0.3 is 9.64 Å². The van der Waals surface area contributed by atoms with Gasteiger partial charge in [0.05, 0.1) is 10.5 Å². The monoisotopic (exact) mass is 323 g/mol. The number of ether oxygens (including phenoxy) is 1. The Hall–Kier alpha value is -1.24. The predicted molar refractivity (Wildman–Crippen MR) is 62.8 cm³/mol. The third kappa shape index (κ3) is 2.77. The third-order valence-electron chi connectivity index (χ3n) is 2.52. The first kappa shape index (κ1) is 13.2. The minimum absolute atomic E-state index is 0.141. The predicted octanol–water partition coefficient (Wildman–Crippen LogP) is 3.09. The minimum atomic E-state index is -4.77. The van der Waals surface area contributed by atoms with Crippen molar-refractivity contribution in [2.75, 3.05) is 11.4 Å². The highest BCUT2D eigenvalue weighted by molar-refractivity contribution is 9.10. The van der Waals surface area contributed by atoms with Gasteiger partial charge in [-0.15, -0.1) is 13.2 Å². The zero-order chi connectivity index (χ0) is 13.3. The van der Waals surface area contributed by atoms with E-state index in [4.69, 9.17) is 0 Å². The second-order valence-corrected chi connectivity index (χ2v) is 4.87. The number of para-hydroxylation sites is 2. The summed E-state index contributed by atoms with van der Waals surface area (Å²) in [4.78, 5) is 12.7. The number of carbonyl (C=O) groups is 1. The number of benzene rings is 1. The number of nitrogens with zero attached hydrogens (tertiary/aromatic N) is 1. The highest BCUT2D eigenvalue weighted by atomic mass is 79.9. The fraction of sp³-hybridized carbons (Fsp3) is 0.364. The molecule has 0 saturated carbocycles. The molecule has 0 N–H and O–H groups in total. The van der Waals surface area contributed by atoms with Crippen LogP contribution in [0.1, 0.15) is 6.42 Å². The van der Waals surface area contributed by atoms with Crippen molar-refractivity contribution >= 4 is 27.5 Å². The van der Waals surface area contributed by atoms with Crippen LogP contribution in [0.25, 0.3) is 0 Å². The van der Waals surface area contributed by atoms with E-state index in [9.17, 15) is 18.0 Å². The standard InChI is InChI=1S/C11H9BrF3NO2/c12-7-5-6-16(10(7)17)8-3-1-2-4-9(8)18-11(13,14)15/h1-4,7H,5-6H2. The van der Waals surface area contributed by atoms with E-state index < -0.39 is 6.36 Å². The lowest BCUT2D eigenvalue weighted by atomic mass is 10.2. The molecule has 0 aromatic heterocycles. The molecular formula is C11H9BrF3NO2. The smallest absolute Gasteiger partial charge is 0.404 e. The van der Waals surface area contributed by atoms with E-state index >= 15 is 0 Å². The van der Waals surface area contributed by atoms with Gasteiger partial charge in [0.1, 0.15) is 0 Å². The quantitative estimate of drug-likeness (QED) is 0.783. The maximum atomic E-state index is 12.2. The first-order valence-electron chi connectivity index (χ1n) is 5.19. The van der Waals surface area contributed by atoms with Gasteiger partial charge in [0.25, 0.3) is 0 Å². The number of hydrogen-bond acceptors (Lipinski definition) is 2. The summed E-state index contributed by atoms with van der Waals surface area (Å²) in [5.41, 5.74) is 0.141. The topological polar surface area (TPSA) is 29.5 Å². The normalized spacial score (nSPS) is 20.3. The highest BCUT2D eigenvalue weighted by Crippen LogP contribution is 2.35. The first-order valence-corrected chi connectivity index (χ1v) is 6.10. The molecule has 18 heavy (non-hydrogen) atoms. The molecule has 0 radical (unpaired) electrons. The van der Waals surface area contributed by atoms with Crippen molar-refractivity contribution in [2.24, 2.45) is 0 Å². The molecule has 0 aliphatic carbocycles. The number of amides is 1. The highest BCUT2D eigenvalue weighted by Gasteiger charge is 2.36. The number of halogens is 4. The molecule has 1 aromatic rings. The lowest BCUT2D eigenvalue weighted by Crippen LogP contribution is -2.28. The molecule has 1 heterocycles. The Kier molecular flexibility index (Phi) is 3.52. The minimum Gasteiger partial charge on any atom is -0.404 e. The molecule has 1 amide bonds. The van der Waals surface area contributed by atoms with Crippen LogP contribution >= 0.6 is 15.9 Å². The molecule has 3 nitrogen and oxygen atoms in total. The SMILES string of the molecule is O=C1C(Br)CCN1c1ccccc1OC(F)(F)F. The second-order valence-electron chi connectivity index (χ2n) is 3.76. The van der Waals surface area contributed by atoms with E-state index in [1.54, 1.807) is 6.07 Å². The Morgan fingerprint density at radius 3 is 2.56 bits per heavy atom. The largest absolute Gasteiger partial charge is 0.573 e. The van der Waals surface area contributed by atoms with Crippen molar-refractivity contribution in [3.63, 3.8) is 0 Å². The molecule has 1 aliphatic rings. The summed E-state index contributed by atoms with van der Waals surface area (Å²) >= 11 is 3.17. The summed E-state index contributed by atoms with van der Waals surface area (Å²) in [7, 11) is 0. The molecule has 2 rings (SSSR count). The van der Waals surface area contributed by atoms with Gasteiger partial charge in [-0.05, 0) is 18.6 Å². The van der Waals surface area contributed by atoms with Gasteiger partial charge in [-0.1, -0.05) is 28.1 Å². The van der Waals surface area contributed by atoms with Crippen molar-refractivity contribution in [3.05, 3.63) is 24.3 Å². The van der Waals surface area contributed by atoms with Gasteiger partial charge in [0.15, 0.2) is 5.75 Å². The zero-order valence-electron chi connectivity index (χ0n) is 9.08. The summed E-state index contributed by atoms with van der Waals surface area (Å²) < 4.78 is 40.7. The van der Waals surface area contributed by atoms with Gasteiger partial charge in [-0.25, -0.2) is 0 Å². The average Bonchev–Trinajstić information content (AvgIpc) is 2.59. The maximum absolute atomic E-state index is 12.2. The number of hydrogen-bond donors (Lipinski definition) is 0. The van der Waals surface area contributed by atoms with E-state index in [1.807, 2.05) is 0 Å². The van der Waals surface area contributed by atoms with Crippen LogP contribution in [0.2, 0.25) is 0 Å². The molecule has 0 bridgehead atoms. The van der Waals surface area contributed by atoms with E-state index in [1.165, 1.54) is 23.1 Å². The molecule has 1 unspecified atom stereocenters. The van der Waals surface area contributed by atoms with Gasteiger partial charge in [-0.3, -0.25) is 4.79 Å². The molecule has 1 fully saturated rings. The van der Waals surface area contributed by atoms with Crippen molar-refractivity contribution in [1.29, 1.82) is 0 Å². The molecule has 7 heteroatoms. The van der Waals surface area contributed by atoms with Gasteiger partial charge >= 0.3 is 6.36 Å². The number of carbonyl (C=O) groups excluding carboxylic acids is 1. The van der Waals surface area contributed by atoms with Crippen molar-refractivity contribution < 1.29 is 22.7 Å². The van der Waals surface area contributed by atoms with Crippen LogP contribution in [0.3, 0.4) is 0 Å². The maximum Gasteiger partial charge on any atom is 0.573 e. The van der Waals surface area contributed by atoms with E-state index in [0.29, 0.717) is 13.0 Å². The van der Waals surface area contributed by atoms with Crippen LogP contribution < -0.4 is 9.64 Å². The van der Waals surface area contributed by atoms with Crippen LogP contribution in [-0.2, 0) is 4.79 Å². The summed E-state index contributed by atoms with van der Waals surface area (Å²) in [6.07, 6.45) is -4.22. The number of anilines is 1. The van der Waals surface area contributed by atoms with Crippen LogP contribution in [0.5, 0.6) is 5.75 Å². The van der Waals surface area contributed by atoms with Crippen LogP contribution in [0.4, 0.5) is 18.9 Å². The summed E-state index contributed by atoms with van der Waals surface area (Å²) in [5.74, 6) is -0.617. The summed E-state index contributed by atoms with van der Waals surface area (Å²) in [6, 6.07) is 5.62. The molecule has 1 aromatic carbocycles. The molecule has 1 aliphatic heterocycles. The van der Waals surface area contributed by atoms with Gasteiger partial charge in [-0.2, -0.15) is 0 Å². The Balaban J connectivity index is 2.31. The lowest BCUT2D eigenvalue weighted by Gasteiger charge is -2.20. The molecule has 98 valence electrons. The van der Waals surface area contributed by atoms with Crippen molar-refractivity contribution in [1.82, 2.24) is 0 Å². The molecular weight excluding hydrogens is 315 g/mol. The lowest BCUT2D eigenvalue weighted by molar-refractivity contribution is -0.274. The Morgan fingerprint density at radius 2 is 2.00 bits per heavy atom. The Morgan fingerprint density at radius 1 is 1.33 bits per heavy atom. The zero-order valence-corrected chi connectivity index (χ0v) is 10.7. The van der Waals surface area contributed by atoms with E-state index in [2.05, 4.69) is 20.7 Å². The van der Waals surface area contributed by atoms with E-state index in [-0.39, 0.29) is 22.2 Å². The van der Waals surface area contributed by atoms with E-state index in [0.717, 1.165) is 0 Å². The second kappa shape index (κ2) is 4.79. The molecule has 0 spiro atoms. The first-order chi connectivity index (χ1) is 8.38. The molecule has 1 atom stereocenters. The average molecular weight is 324 g/mol. The Bertz CT molecular complexity index is 464. The Labute approximate surface area is 110 Å². The van der Waals surface area contributed by atoms with Crippen LogP contribution in [0.15, 0.2) is 24.3 Å². The van der Waals surface area contributed by atoms with Crippen LogP contribution in [-0.4, -0.2) is 23.6 Å². The van der Waals surface area contributed by atoms with Crippen molar-refractivity contribution in [3.8, 4) is 5.75 Å². The number of alkyl halides is 4. The third-order valence-corrected chi connectivity index (χ3v) is 3.37. The van der Waals surface area contributed by atoms with Gasteiger partial charge in [0, 0.05) is 6.54 Å². The fourth-order valence-corrected chi connectivity index (χ4v) is 2.23. The fourth-order valence-electron chi connectivity index (χ4n) is 1.78. The summed E-state index contributed by atoms with van der Waals surface area (Å²) in [5, 5.41) is 0.